The van der Waals surface area contributed by atoms with Crippen molar-refractivity contribution in [2.45, 2.75) is 44.7 Å². The highest BCUT2D eigenvalue weighted by atomic mass is 35.5. The van der Waals surface area contributed by atoms with Gasteiger partial charge in [-0.3, -0.25) is 9.59 Å². The highest BCUT2D eigenvalue weighted by Gasteiger charge is 2.46. The molecule has 2 amide bonds. The highest BCUT2D eigenvalue weighted by Crippen LogP contribution is 2.42. The lowest BCUT2D eigenvalue weighted by Gasteiger charge is -2.29. The number of carbonyl (C=O) groups excluding carboxylic acids is 2. The second-order valence-corrected chi connectivity index (χ2v) is 7.63. The zero-order valence-electron chi connectivity index (χ0n) is 15.2. The van der Waals surface area contributed by atoms with Crippen molar-refractivity contribution in [2.24, 2.45) is 5.92 Å². The van der Waals surface area contributed by atoms with E-state index in [1.165, 1.54) is 0 Å². The molecule has 4 rings (SSSR count). The number of aryl methyl sites for hydroxylation is 1. The van der Waals surface area contributed by atoms with Crippen LogP contribution in [0.25, 0.3) is 0 Å². The third kappa shape index (κ3) is 3.46. The number of amides is 2. The summed E-state index contributed by atoms with van der Waals surface area (Å²) >= 11 is 5.83. The predicted molar refractivity (Wildman–Crippen MR) is 101 cm³/mol. The van der Waals surface area contributed by atoms with E-state index in [9.17, 15) is 9.59 Å². The van der Waals surface area contributed by atoms with Crippen molar-refractivity contribution in [3.8, 4) is 0 Å². The molecular weight excluding hydrogens is 366 g/mol. The van der Waals surface area contributed by atoms with Crippen LogP contribution >= 0.6 is 11.6 Å². The Morgan fingerprint density at radius 1 is 1.30 bits per heavy atom. The number of benzene rings is 1. The number of hydrogen-bond acceptors (Lipinski definition) is 4. The molecule has 1 N–H and O–H groups in total. The number of aromatic nitrogens is 1. The Morgan fingerprint density at radius 2 is 2.07 bits per heavy atom. The van der Waals surface area contributed by atoms with Crippen molar-refractivity contribution in [2.75, 3.05) is 6.54 Å². The summed E-state index contributed by atoms with van der Waals surface area (Å²) in [5.41, 5.74) is 0.889. The first-order valence-electron chi connectivity index (χ1n) is 9.33. The molecule has 142 valence electrons. The van der Waals surface area contributed by atoms with Gasteiger partial charge in [-0.25, -0.2) is 0 Å². The number of fused-ring (bicyclic) bond motifs is 1. The molecule has 27 heavy (non-hydrogen) atoms. The Bertz CT molecular complexity index is 851. The van der Waals surface area contributed by atoms with Gasteiger partial charge in [-0.2, -0.15) is 4.98 Å². The fraction of sp³-hybridized carbons (Fsp3) is 0.450. The van der Waals surface area contributed by atoms with E-state index in [2.05, 4.69) is 10.3 Å². The summed E-state index contributed by atoms with van der Waals surface area (Å²) < 4.78 is 5.23. The maximum absolute atomic E-state index is 13.2. The standard InChI is InChI=1S/C20H22ClN3O3/c1-12-17(23-20(21)27-12)19(26)24-15(10-14-8-5-9-16(14)24)11-22-18(25)13-6-3-2-4-7-13/h2-4,6-7,14-16H,5,8-11H2,1H3,(H,22,25)/t14-,15-,16-/m0/s1. The average Bonchev–Trinajstić information content (AvgIpc) is 3.33. The maximum atomic E-state index is 13.2. The predicted octanol–water partition coefficient (Wildman–Crippen LogP) is 3.45. The fourth-order valence-corrected chi connectivity index (χ4v) is 4.68. The Kier molecular flexibility index (Phi) is 4.91. The summed E-state index contributed by atoms with van der Waals surface area (Å²) in [5, 5.41) is 2.96. The van der Waals surface area contributed by atoms with E-state index in [-0.39, 0.29) is 34.9 Å². The van der Waals surface area contributed by atoms with Gasteiger partial charge < -0.3 is 14.6 Å². The lowest BCUT2D eigenvalue weighted by Crippen LogP contribution is -2.46. The largest absolute Gasteiger partial charge is 0.432 e. The van der Waals surface area contributed by atoms with Gasteiger partial charge >= 0.3 is 0 Å². The van der Waals surface area contributed by atoms with Crippen molar-refractivity contribution in [3.63, 3.8) is 0 Å². The molecule has 3 atom stereocenters. The molecular formula is C20H22ClN3O3. The highest BCUT2D eigenvalue weighted by molar-refractivity contribution is 6.28. The molecule has 1 aromatic heterocycles. The van der Waals surface area contributed by atoms with Gasteiger partial charge in [0.25, 0.3) is 17.2 Å². The number of halogens is 1. The molecule has 1 aliphatic heterocycles. The van der Waals surface area contributed by atoms with Crippen LogP contribution in [0, 0.1) is 12.8 Å². The Labute approximate surface area is 162 Å². The molecule has 6 nitrogen and oxygen atoms in total. The van der Waals surface area contributed by atoms with E-state index in [1.807, 2.05) is 23.1 Å². The third-order valence-electron chi connectivity index (χ3n) is 5.69. The van der Waals surface area contributed by atoms with E-state index in [0.29, 0.717) is 23.8 Å². The van der Waals surface area contributed by atoms with E-state index in [1.54, 1.807) is 19.1 Å². The van der Waals surface area contributed by atoms with Crippen molar-refractivity contribution < 1.29 is 14.0 Å². The maximum Gasteiger partial charge on any atom is 0.293 e. The molecule has 1 aliphatic carbocycles. The monoisotopic (exact) mass is 387 g/mol. The molecule has 0 radical (unpaired) electrons. The molecule has 2 heterocycles. The van der Waals surface area contributed by atoms with Crippen LogP contribution in [0.5, 0.6) is 0 Å². The lowest BCUT2D eigenvalue weighted by atomic mass is 10.0. The molecule has 2 fully saturated rings. The Hall–Kier alpha value is -2.34. The molecule has 1 saturated heterocycles. The summed E-state index contributed by atoms with van der Waals surface area (Å²) in [6.45, 7) is 2.12. The van der Waals surface area contributed by atoms with Gasteiger partial charge in [0.2, 0.25) is 0 Å². The van der Waals surface area contributed by atoms with Gasteiger partial charge in [0.15, 0.2) is 5.69 Å². The van der Waals surface area contributed by atoms with Crippen LogP contribution in [0.15, 0.2) is 34.7 Å². The Balaban J connectivity index is 1.51. The van der Waals surface area contributed by atoms with Gasteiger partial charge in [0, 0.05) is 18.2 Å². The number of oxazole rings is 1. The second kappa shape index (κ2) is 7.35. The summed E-state index contributed by atoms with van der Waals surface area (Å²) in [7, 11) is 0. The van der Waals surface area contributed by atoms with Crippen LogP contribution in [0.2, 0.25) is 5.35 Å². The van der Waals surface area contributed by atoms with Crippen molar-refractivity contribution >= 4 is 23.4 Å². The minimum atomic E-state index is -0.156. The van der Waals surface area contributed by atoms with E-state index >= 15 is 0 Å². The van der Waals surface area contributed by atoms with Gasteiger partial charge in [0.1, 0.15) is 5.76 Å². The molecule has 0 bridgehead atoms. The van der Waals surface area contributed by atoms with Crippen LogP contribution in [0.3, 0.4) is 0 Å². The quantitative estimate of drug-likeness (QED) is 0.871. The first-order chi connectivity index (χ1) is 13.0. The fourth-order valence-electron chi connectivity index (χ4n) is 4.48. The topological polar surface area (TPSA) is 75.4 Å². The van der Waals surface area contributed by atoms with Gasteiger partial charge in [-0.15, -0.1) is 0 Å². The van der Waals surface area contributed by atoms with E-state index in [0.717, 1.165) is 25.7 Å². The summed E-state index contributed by atoms with van der Waals surface area (Å²) in [6, 6.07) is 9.26. The zero-order chi connectivity index (χ0) is 19.0. The molecule has 1 saturated carbocycles. The number of likely N-dealkylation sites (tertiary alicyclic amines) is 1. The number of carbonyl (C=O) groups is 2. The normalized spacial score (nSPS) is 24.1. The lowest BCUT2D eigenvalue weighted by molar-refractivity contribution is 0.0643. The van der Waals surface area contributed by atoms with Crippen molar-refractivity contribution in [1.29, 1.82) is 0 Å². The first-order valence-corrected chi connectivity index (χ1v) is 9.71. The van der Waals surface area contributed by atoms with Crippen LogP contribution in [0.1, 0.15) is 52.3 Å². The minimum Gasteiger partial charge on any atom is -0.432 e. The SMILES string of the molecule is Cc1oc(Cl)nc1C(=O)N1[C@H](CNC(=O)c2ccccc2)C[C@@H]2CCC[C@@H]21. The number of rotatable bonds is 4. The van der Waals surface area contributed by atoms with E-state index < -0.39 is 0 Å². The molecule has 1 aromatic carbocycles. The summed E-state index contributed by atoms with van der Waals surface area (Å²) in [4.78, 5) is 31.5. The number of nitrogens with zero attached hydrogens (tertiary/aromatic N) is 2. The molecule has 2 aliphatic rings. The van der Waals surface area contributed by atoms with Gasteiger partial charge in [0.05, 0.1) is 6.04 Å². The Morgan fingerprint density at radius 3 is 2.78 bits per heavy atom. The minimum absolute atomic E-state index is 0.0213. The number of nitrogens with one attached hydrogen (secondary N) is 1. The first kappa shape index (κ1) is 18.0. The van der Waals surface area contributed by atoms with Gasteiger partial charge in [-0.1, -0.05) is 24.6 Å². The van der Waals surface area contributed by atoms with Crippen molar-refractivity contribution in [3.05, 3.63) is 52.7 Å². The van der Waals surface area contributed by atoms with E-state index in [4.69, 9.17) is 16.0 Å². The van der Waals surface area contributed by atoms with Crippen LogP contribution in [-0.4, -0.2) is 40.3 Å². The molecule has 7 heteroatoms. The zero-order valence-corrected chi connectivity index (χ0v) is 15.9. The average molecular weight is 388 g/mol. The molecule has 0 unspecified atom stereocenters. The third-order valence-corrected chi connectivity index (χ3v) is 5.85. The summed E-state index contributed by atoms with van der Waals surface area (Å²) in [5.74, 6) is 0.631. The molecule has 0 spiro atoms. The molecule has 2 aromatic rings. The second-order valence-electron chi connectivity index (χ2n) is 7.31. The van der Waals surface area contributed by atoms with Crippen LogP contribution in [0.4, 0.5) is 0 Å². The van der Waals surface area contributed by atoms with Crippen LogP contribution in [-0.2, 0) is 0 Å². The number of hydrogen-bond donors (Lipinski definition) is 1. The summed E-state index contributed by atoms with van der Waals surface area (Å²) in [6.07, 6.45) is 4.14. The van der Waals surface area contributed by atoms with Gasteiger partial charge in [-0.05, 0) is 55.8 Å². The van der Waals surface area contributed by atoms with Crippen molar-refractivity contribution in [1.82, 2.24) is 15.2 Å². The smallest absolute Gasteiger partial charge is 0.293 e. The van der Waals surface area contributed by atoms with Crippen LogP contribution < -0.4 is 5.32 Å².